The molecule has 1 fully saturated rings. The van der Waals surface area contributed by atoms with Crippen LogP contribution < -0.4 is 4.74 Å². The number of hydrogen-bond acceptors (Lipinski definition) is 5. The third-order valence-electron chi connectivity index (χ3n) is 4.10. The standard InChI is InChI=1S/C20H15Cl4NO4S/c1-28-5-4-25-19(26)17(30-20(25)27)8-11-6-15(23)18(16(24)7-11)29-10-12-2-3-13(21)9-14(12)22/h2-3,6-9H,4-5,10H2,1H3/b17-8+. The summed E-state index contributed by atoms with van der Waals surface area (Å²) in [5.74, 6) is -0.0956. The van der Waals surface area contributed by atoms with Crippen LogP contribution in [-0.4, -0.2) is 36.3 Å². The Balaban J connectivity index is 1.77. The molecule has 0 saturated carbocycles. The average Bonchev–Trinajstić information content (AvgIpc) is 2.93. The van der Waals surface area contributed by atoms with E-state index in [4.69, 9.17) is 55.9 Å². The lowest BCUT2D eigenvalue weighted by Gasteiger charge is -2.12. The molecule has 30 heavy (non-hydrogen) atoms. The summed E-state index contributed by atoms with van der Waals surface area (Å²) >= 11 is 25.6. The lowest BCUT2D eigenvalue weighted by Crippen LogP contribution is -2.31. The molecule has 0 aromatic heterocycles. The predicted octanol–water partition coefficient (Wildman–Crippen LogP) is 6.56. The smallest absolute Gasteiger partial charge is 0.293 e. The first-order valence-corrected chi connectivity index (χ1v) is 10.9. The molecule has 158 valence electrons. The predicted molar refractivity (Wildman–Crippen MR) is 122 cm³/mol. The molecule has 2 aromatic rings. The first-order chi connectivity index (χ1) is 14.3. The highest BCUT2D eigenvalue weighted by atomic mass is 35.5. The van der Waals surface area contributed by atoms with Gasteiger partial charge < -0.3 is 9.47 Å². The Bertz CT molecular complexity index is 1000. The van der Waals surface area contributed by atoms with E-state index in [1.807, 2.05) is 0 Å². The van der Waals surface area contributed by atoms with Crippen molar-refractivity contribution in [3.05, 3.63) is 66.5 Å². The Morgan fingerprint density at radius 2 is 1.73 bits per heavy atom. The van der Waals surface area contributed by atoms with Crippen LogP contribution in [-0.2, 0) is 16.1 Å². The molecule has 0 spiro atoms. The Hall–Kier alpha value is -1.41. The van der Waals surface area contributed by atoms with Crippen molar-refractivity contribution in [3.63, 3.8) is 0 Å². The van der Waals surface area contributed by atoms with Crippen LogP contribution >= 0.6 is 58.2 Å². The second kappa shape index (κ2) is 10.3. The molecular formula is C20H15Cl4NO4S. The SMILES string of the molecule is COCCN1C(=O)S/C(=C/c2cc(Cl)c(OCc3ccc(Cl)cc3Cl)c(Cl)c2)C1=O. The molecule has 10 heteroatoms. The summed E-state index contributed by atoms with van der Waals surface area (Å²) in [7, 11) is 1.50. The van der Waals surface area contributed by atoms with Crippen molar-refractivity contribution in [1.29, 1.82) is 0 Å². The van der Waals surface area contributed by atoms with Gasteiger partial charge in [-0.15, -0.1) is 0 Å². The number of hydrogen-bond donors (Lipinski definition) is 0. The molecule has 1 aliphatic rings. The molecule has 1 aliphatic heterocycles. The van der Waals surface area contributed by atoms with Crippen LogP contribution in [0.2, 0.25) is 20.1 Å². The normalized spacial score (nSPS) is 15.4. The van der Waals surface area contributed by atoms with Gasteiger partial charge in [-0.3, -0.25) is 14.5 Å². The van der Waals surface area contributed by atoms with E-state index in [0.29, 0.717) is 15.6 Å². The zero-order valence-corrected chi connectivity index (χ0v) is 19.4. The number of nitrogens with zero attached hydrogens (tertiary/aromatic N) is 1. The average molecular weight is 507 g/mol. The lowest BCUT2D eigenvalue weighted by atomic mass is 10.2. The van der Waals surface area contributed by atoms with Gasteiger partial charge in [0, 0.05) is 22.7 Å². The molecule has 5 nitrogen and oxygen atoms in total. The zero-order valence-electron chi connectivity index (χ0n) is 15.6. The van der Waals surface area contributed by atoms with E-state index >= 15 is 0 Å². The largest absolute Gasteiger partial charge is 0.486 e. The number of carbonyl (C=O) groups is 2. The molecule has 0 N–H and O–H groups in total. The number of benzene rings is 2. The molecule has 1 saturated heterocycles. The van der Waals surface area contributed by atoms with Crippen LogP contribution in [0.4, 0.5) is 4.79 Å². The third-order valence-corrected chi connectivity index (χ3v) is 6.15. The third kappa shape index (κ3) is 5.44. The van der Waals surface area contributed by atoms with Crippen LogP contribution in [0.3, 0.4) is 0 Å². The van der Waals surface area contributed by atoms with E-state index in [1.54, 1.807) is 36.4 Å². The minimum atomic E-state index is -0.382. The fourth-order valence-corrected chi connectivity index (χ4v) is 4.56. The second-order valence-electron chi connectivity index (χ2n) is 6.16. The Morgan fingerprint density at radius 3 is 2.37 bits per heavy atom. The monoisotopic (exact) mass is 505 g/mol. The second-order valence-corrected chi connectivity index (χ2v) is 8.82. The fourth-order valence-electron chi connectivity index (χ4n) is 2.62. The van der Waals surface area contributed by atoms with Gasteiger partial charge in [0.15, 0.2) is 5.75 Å². The van der Waals surface area contributed by atoms with Gasteiger partial charge in [0.2, 0.25) is 0 Å². The van der Waals surface area contributed by atoms with Gasteiger partial charge in [0.25, 0.3) is 11.1 Å². The zero-order chi connectivity index (χ0) is 21.8. The van der Waals surface area contributed by atoms with Crippen molar-refractivity contribution >= 4 is 75.4 Å². The minimum Gasteiger partial charge on any atom is -0.486 e. The number of carbonyl (C=O) groups excluding carboxylic acids is 2. The number of amides is 2. The van der Waals surface area contributed by atoms with E-state index in [2.05, 4.69) is 0 Å². The Labute approximate surface area is 197 Å². The van der Waals surface area contributed by atoms with Gasteiger partial charge in [0.1, 0.15) is 6.61 Å². The summed E-state index contributed by atoms with van der Waals surface area (Å²) in [5.41, 5.74) is 1.29. The highest BCUT2D eigenvalue weighted by Gasteiger charge is 2.34. The molecule has 0 unspecified atom stereocenters. The van der Waals surface area contributed by atoms with Crippen molar-refractivity contribution in [2.75, 3.05) is 20.3 Å². The summed E-state index contributed by atoms with van der Waals surface area (Å²) in [4.78, 5) is 25.9. The number of rotatable bonds is 7. The van der Waals surface area contributed by atoms with Crippen molar-refractivity contribution in [3.8, 4) is 5.75 Å². The number of methoxy groups -OCH3 is 1. The summed E-state index contributed by atoms with van der Waals surface area (Å²) in [5, 5.41) is 1.17. The highest BCUT2D eigenvalue weighted by molar-refractivity contribution is 8.18. The van der Waals surface area contributed by atoms with Gasteiger partial charge in [-0.1, -0.05) is 52.5 Å². The first kappa shape index (κ1) is 23.3. The molecule has 2 amide bonds. The molecule has 2 aromatic carbocycles. The molecular weight excluding hydrogens is 492 g/mol. The first-order valence-electron chi connectivity index (χ1n) is 8.60. The van der Waals surface area contributed by atoms with E-state index in [-0.39, 0.29) is 51.6 Å². The number of thioether (sulfide) groups is 1. The van der Waals surface area contributed by atoms with Crippen LogP contribution in [0.5, 0.6) is 5.75 Å². The number of imide groups is 1. The maximum Gasteiger partial charge on any atom is 0.293 e. The summed E-state index contributed by atoms with van der Waals surface area (Å²) < 4.78 is 10.7. The summed E-state index contributed by atoms with van der Waals surface area (Å²) in [6.45, 7) is 0.611. The maximum absolute atomic E-state index is 12.4. The molecule has 0 radical (unpaired) electrons. The van der Waals surface area contributed by atoms with E-state index in [9.17, 15) is 9.59 Å². The quantitative estimate of drug-likeness (QED) is 0.398. The number of halogens is 4. The molecule has 0 bridgehead atoms. The Morgan fingerprint density at radius 1 is 1.03 bits per heavy atom. The van der Waals surface area contributed by atoms with E-state index in [0.717, 1.165) is 22.2 Å². The van der Waals surface area contributed by atoms with Crippen LogP contribution in [0, 0.1) is 0 Å². The van der Waals surface area contributed by atoms with Crippen molar-refractivity contribution in [2.45, 2.75) is 6.61 Å². The van der Waals surface area contributed by atoms with Gasteiger partial charge in [0.05, 0.1) is 28.1 Å². The fraction of sp³-hybridized carbons (Fsp3) is 0.200. The van der Waals surface area contributed by atoms with E-state index in [1.165, 1.54) is 7.11 Å². The van der Waals surface area contributed by atoms with Crippen LogP contribution in [0.1, 0.15) is 11.1 Å². The van der Waals surface area contributed by atoms with Gasteiger partial charge in [-0.05, 0) is 47.7 Å². The van der Waals surface area contributed by atoms with Crippen LogP contribution in [0.15, 0.2) is 35.2 Å². The van der Waals surface area contributed by atoms with E-state index < -0.39 is 0 Å². The topological polar surface area (TPSA) is 55.8 Å². The minimum absolute atomic E-state index is 0.146. The van der Waals surface area contributed by atoms with Gasteiger partial charge >= 0.3 is 0 Å². The van der Waals surface area contributed by atoms with Gasteiger partial charge in [-0.2, -0.15) is 0 Å². The molecule has 0 aliphatic carbocycles. The molecule has 1 heterocycles. The van der Waals surface area contributed by atoms with Crippen molar-refractivity contribution in [2.24, 2.45) is 0 Å². The molecule has 0 atom stereocenters. The van der Waals surface area contributed by atoms with Gasteiger partial charge in [-0.25, -0.2) is 0 Å². The van der Waals surface area contributed by atoms with Crippen molar-refractivity contribution < 1.29 is 19.1 Å². The highest BCUT2D eigenvalue weighted by Crippen LogP contribution is 2.38. The summed E-state index contributed by atoms with van der Waals surface area (Å²) in [6, 6.07) is 8.29. The summed E-state index contributed by atoms with van der Waals surface area (Å²) in [6.07, 6.45) is 1.56. The number of ether oxygens (including phenoxy) is 2. The lowest BCUT2D eigenvalue weighted by molar-refractivity contribution is -0.123. The van der Waals surface area contributed by atoms with Crippen molar-refractivity contribution in [1.82, 2.24) is 4.90 Å². The molecule has 3 rings (SSSR count). The van der Waals surface area contributed by atoms with Crippen LogP contribution in [0.25, 0.3) is 6.08 Å². The maximum atomic E-state index is 12.4. The Kier molecular flexibility index (Phi) is 7.96.